The van der Waals surface area contributed by atoms with Gasteiger partial charge in [-0.05, 0) is 49.9 Å². The van der Waals surface area contributed by atoms with Crippen LogP contribution in [0.5, 0.6) is 0 Å². The minimum absolute atomic E-state index is 0.0569. The summed E-state index contributed by atoms with van der Waals surface area (Å²) in [5, 5.41) is -0.0841. The second kappa shape index (κ2) is 9.57. The number of carbonyl (C=O) groups excluding carboxylic acids is 3. The second-order valence-corrected chi connectivity index (χ2v) is 11.9. The van der Waals surface area contributed by atoms with Crippen molar-refractivity contribution in [2.24, 2.45) is 5.92 Å². The topological polar surface area (TPSA) is 92.6 Å². The van der Waals surface area contributed by atoms with Gasteiger partial charge in [0.05, 0.1) is 16.6 Å². The van der Waals surface area contributed by atoms with Gasteiger partial charge in [-0.15, -0.1) is 0 Å². The van der Waals surface area contributed by atoms with Crippen LogP contribution in [0.3, 0.4) is 0 Å². The fourth-order valence-electron chi connectivity index (χ4n) is 5.50. The molecule has 0 aliphatic carbocycles. The number of rotatable bonds is 4. The van der Waals surface area contributed by atoms with E-state index in [2.05, 4.69) is 4.98 Å². The van der Waals surface area contributed by atoms with Crippen LogP contribution < -0.4 is 9.77 Å². The molecular formula is C27H26N4O4S2. The lowest BCUT2D eigenvalue weighted by molar-refractivity contribution is -0.133. The Balaban J connectivity index is 1.42. The van der Waals surface area contributed by atoms with Crippen molar-refractivity contribution < 1.29 is 14.4 Å². The molecule has 0 bridgehead atoms. The van der Waals surface area contributed by atoms with Crippen molar-refractivity contribution in [3.63, 3.8) is 0 Å². The highest BCUT2D eigenvalue weighted by Crippen LogP contribution is 2.53. The Labute approximate surface area is 222 Å². The third-order valence-electron chi connectivity index (χ3n) is 7.39. The summed E-state index contributed by atoms with van der Waals surface area (Å²) in [6, 6.07) is 11.0. The van der Waals surface area contributed by atoms with Crippen molar-refractivity contribution in [2.75, 3.05) is 18.0 Å². The molecule has 5 heterocycles. The quantitative estimate of drug-likeness (QED) is 0.477. The molecule has 2 aromatic heterocycles. The number of pyridine rings is 1. The van der Waals surface area contributed by atoms with E-state index in [4.69, 9.17) is 0 Å². The van der Waals surface area contributed by atoms with Gasteiger partial charge in [-0.25, -0.2) is 4.90 Å². The maximum absolute atomic E-state index is 13.8. The molecule has 3 atom stereocenters. The fraction of sp³-hybridized carbons (Fsp3) is 0.370. The molecule has 2 fully saturated rings. The predicted octanol–water partition coefficient (Wildman–Crippen LogP) is 3.42. The average molecular weight is 535 g/mol. The molecule has 3 aliphatic heterocycles. The number of nitrogens with zero attached hydrogens (tertiary/aromatic N) is 4. The molecule has 1 aromatic carbocycles. The van der Waals surface area contributed by atoms with Gasteiger partial charge in [-0.1, -0.05) is 46.9 Å². The van der Waals surface area contributed by atoms with Gasteiger partial charge in [0.15, 0.2) is 0 Å². The number of thioether (sulfide) groups is 1. The van der Waals surface area contributed by atoms with Gasteiger partial charge in [0.1, 0.15) is 11.8 Å². The van der Waals surface area contributed by atoms with Crippen LogP contribution in [0.2, 0.25) is 0 Å². The summed E-state index contributed by atoms with van der Waals surface area (Å²) >= 11 is 2.31. The number of carbonyl (C=O) groups is 3. The van der Waals surface area contributed by atoms with Crippen LogP contribution in [0.1, 0.15) is 41.2 Å². The molecule has 0 spiro atoms. The van der Waals surface area contributed by atoms with Crippen LogP contribution in [-0.4, -0.2) is 50.5 Å². The number of anilines is 1. The molecule has 3 aromatic rings. The molecule has 3 amide bonds. The molecule has 37 heavy (non-hydrogen) atoms. The number of thiazole rings is 1. The molecule has 2 saturated heterocycles. The van der Waals surface area contributed by atoms with E-state index in [-0.39, 0.29) is 29.1 Å². The standard InChI is InChI=1S/C27H26N4O4S2/c1-16-7-9-18(10-8-16)31-24(33)21-20(17-6-5-11-28-14-17)23-26(36-22(21)25(31)34)30(27(35)37-23)15-19(32)29-12-3-2-4-13-29/h5-11,14,20-22H,2-4,12-13,15H2,1H3/t20-,21?,22?/m1/s1. The minimum Gasteiger partial charge on any atom is -0.341 e. The summed E-state index contributed by atoms with van der Waals surface area (Å²) in [7, 11) is 0. The van der Waals surface area contributed by atoms with Crippen molar-refractivity contribution in [3.8, 4) is 0 Å². The van der Waals surface area contributed by atoms with Crippen molar-refractivity contribution >= 4 is 46.5 Å². The van der Waals surface area contributed by atoms with Gasteiger partial charge >= 0.3 is 4.87 Å². The van der Waals surface area contributed by atoms with Crippen LogP contribution in [0.4, 0.5) is 5.69 Å². The number of aromatic nitrogens is 2. The summed E-state index contributed by atoms with van der Waals surface area (Å²) in [5.41, 5.74) is 2.36. The van der Waals surface area contributed by atoms with E-state index in [1.54, 1.807) is 30.6 Å². The third kappa shape index (κ3) is 4.12. The normalized spacial score (nSPS) is 23.2. The molecular weight excluding hydrogens is 508 g/mol. The van der Waals surface area contributed by atoms with Crippen LogP contribution in [0.25, 0.3) is 0 Å². The van der Waals surface area contributed by atoms with E-state index >= 15 is 0 Å². The van der Waals surface area contributed by atoms with Gasteiger partial charge in [-0.3, -0.25) is 28.7 Å². The second-order valence-electron chi connectivity index (χ2n) is 9.74. The van der Waals surface area contributed by atoms with E-state index in [9.17, 15) is 19.2 Å². The Hall–Kier alpha value is -3.24. The Bertz CT molecular complexity index is 1430. The Morgan fingerprint density at radius 1 is 1.03 bits per heavy atom. The molecule has 3 aliphatic rings. The maximum Gasteiger partial charge on any atom is 0.308 e. The first kappa shape index (κ1) is 24.1. The number of hydrogen-bond donors (Lipinski definition) is 0. The Morgan fingerprint density at radius 3 is 2.49 bits per heavy atom. The van der Waals surface area contributed by atoms with Crippen molar-refractivity contribution in [2.45, 2.75) is 48.9 Å². The number of hydrogen-bond acceptors (Lipinski definition) is 7. The lowest BCUT2D eigenvalue weighted by Crippen LogP contribution is -2.39. The summed E-state index contributed by atoms with van der Waals surface area (Å²) in [6.07, 6.45) is 6.40. The number of amides is 3. The number of likely N-dealkylation sites (tertiary alicyclic amines) is 1. The average Bonchev–Trinajstić information content (AvgIpc) is 3.36. The highest BCUT2D eigenvalue weighted by molar-refractivity contribution is 8.00. The SMILES string of the molecule is Cc1ccc(N2C(=O)C3Sc4c(sc(=O)n4CC(=O)N4CCCCC4)[C@H](c4cccnc4)C3C2=O)cc1. The first-order valence-corrected chi connectivity index (χ1v) is 14.2. The van der Waals surface area contributed by atoms with Gasteiger partial charge in [0.2, 0.25) is 17.7 Å². The zero-order valence-electron chi connectivity index (χ0n) is 20.3. The van der Waals surface area contributed by atoms with E-state index in [0.29, 0.717) is 23.8 Å². The molecule has 2 unspecified atom stereocenters. The summed E-state index contributed by atoms with van der Waals surface area (Å²) < 4.78 is 1.51. The fourth-order valence-corrected chi connectivity index (χ4v) is 8.27. The highest BCUT2D eigenvalue weighted by atomic mass is 32.2. The van der Waals surface area contributed by atoms with E-state index in [1.165, 1.54) is 21.2 Å². The summed E-state index contributed by atoms with van der Waals surface area (Å²) in [5.74, 6) is -1.82. The number of imide groups is 1. The van der Waals surface area contributed by atoms with Gasteiger partial charge < -0.3 is 4.90 Å². The lowest BCUT2D eigenvalue weighted by Gasteiger charge is -2.31. The van der Waals surface area contributed by atoms with Crippen LogP contribution in [0, 0.1) is 12.8 Å². The van der Waals surface area contributed by atoms with Crippen LogP contribution in [-0.2, 0) is 20.9 Å². The van der Waals surface area contributed by atoms with E-state index in [0.717, 1.165) is 46.6 Å². The third-order valence-corrected chi connectivity index (χ3v) is 9.99. The summed E-state index contributed by atoms with van der Waals surface area (Å²) in [6.45, 7) is 3.30. The predicted molar refractivity (Wildman–Crippen MR) is 142 cm³/mol. The van der Waals surface area contributed by atoms with Crippen molar-refractivity contribution in [3.05, 3.63) is 74.5 Å². The lowest BCUT2D eigenvalue weighted by atomic mass is 9.84. The Kier molecular flexibility index (Phi) is 6.24. The minimum atomic E-state index is -0.697. The largest absolute Gasteiger partial charge is 0.341 e. The molecule has 190 valence electrons. The summed E-state index contributed by atoms with van der Waals surface area (Å²) in [4.78, 5) is 61.7. The van der Waals surface area contributed by atoms with E-state index < -0.39 is 17.1 Å². The Morgan fingerprint density at radius 2 is 1.78 bits per heavy atom. The van der Waals surface area contributed by atoms with Crippen molar-refractivity contribution in [1.29, 1.82) is 0 Å². The highest BCUT2D eigenvalue weighted by Gasteiger charge is 2.56. The molecule has 10 heteroatoms. The smallest absolute Gasteiger partial charge is 0.308 e. The monoisotopic (exact) mass is 534 g/mol. The van der Waals surface area contributed by atoms with Crippen molar-refractivity contribution in [1.82, 2.24) is 14.5 Å². The maximum atomic E-state index is 13.8. The molecule has 0 N–H and O–H groups in total. The van der Waals surface area contributed by atoms with Gasteiger partial charge in [-0.2, -0.15) is 0 Å². The number of fused-ring (bicyclic) bond motifs is 2. The zero-order chi connectivity index (χ0) is 25.7. The number of aryl methyl sites for hydroxylation is 1. The number of piperidine rings is 1. The van der Waals surface area contributed by atoms with Crippen LogP contribution in [0.15, 0.2) is 58.6 Å². The molecule has 0 radical (unpaired) electrons. The molecule has 8 nitrogen and oxygen atoms in total. The zero-order valence-corrected chi connectivity index (χ0v) is 22.0. The number of benzene rings is 1. The van der Waals surface area contributed by atoms with E-state index in [1.807, 2.05) is 30.0 Å². The molecule has 0 saturated carbocycles. The van der Waals surface area contributed by atoms with Crippen LogP contribution >= 0.6 is 23.1 Å². The van der Waals surface area contributed by atoms with Gasteiger partial charge in [0.25, 0.3) is 0 Å². The first-order valence-electron chi connectivity index (χ1n) is 12.5. The first-order chi connectivity index (χ1) is 17.9. The molecule has 6 rings (SSSR count). The van der Waals surface area contributed by atoms with Gasteiger partial charge in [0, 0.05) is 36.3 Å².